The van der Waals surface area contributed by atoms with Crippen LogP contribution >= 0.6 is 11.8 Å². The number of carboxylic acid groups (broad SMARTS) is 2. The lowest BCUT2D eigenvalue weighted by molar-refractivity contribution is -0.245. The van der Waals surface area contributed by atoms with Gasteiger partial charge in [0, 0.05) is 42.0 Å². The largest absolute Gasteiger partial charge is 0.481 e. The summed E-state index contributed by atoms with van der Waals surface area (Å²) in [6, 6.07) is 30.5. The van der Waals surface area contributed by atoms with Crippen molar-refractivity contribution < 1.29 is 39.2 Å². The molecule has 1 aliphatic heterocycles. The van der Waals surface area contributed by atoms with Crippen molar-refractivity contribution in [3.8, 4) is 11.1 Å². The van der Waals surface area contributed by atoms with Gasteiger partial charge in [0.25, 0.3) is 0 Å². The Morgan fingerprint density at radius 2 is 1.48 bits per heavy atom. The molecule has 9 nitrogen and oxygen atoms in total. The molecule has 48 heavy (non-hydrogen) atoms. The molecule has 3 unspecified atom stereocenters. The first kappa shape index (κ1) is 34.8. The van der Waals surface area contributed by atoms with Gasteiger partial charge in [-0.3, -0.25) is 9.59 Å². The molecule has 5 rings (SSSR count). The number of amides is 1. The number of hydrogen-bond acceptors (Lipinski definition) is 7. The van der Waals surface area contributed by atoms with E-state index in [1.807, 2.05) is 78.9 Å². The van der Waals surface area contributed by atoms with Gasteiger partial charge in [0.15, 0.2) is 6.29 Å². The van der Waals surface area contributed by atoms with Crippen LogP contribution in [0.2, 0.25) is 0 Å². The van der Waals surface area contributed by atoms with Crippen LogP contribution in [0.4, 0.5) is 0 Å². The Morgan fingerprint density at radius 3 is 2.19 bits per heavy atom. The van der Waals surface area contributed by atoms with Crippen LogP contribution in [0.3, 0.4) is 0 Å². The summed E-state index contributed by atoms with van der Waals surface area (Å²) in [5.41, 5.74) is 5.83. The minimum atomic E-state index is -0.959. The lowest BCUT2D eigenvalue weighted by Crippen LogP contribution is -2.31. The number of hydrogen-bond donors (Lipinski definition) is 4. The number of aliphatic hydroxyl groups excluding tert-OH is 1. The Bertz CT molecular complexity index is 1690. The maximum atomic E-state index is 12.3. The van der Waals surface area contributed by atoms with Crippen LogP contribution in [-0.4, -0.2) is 45.0 Å². The number of aliphatic hydroxyl groups is 1. The summed E-state index contributed by atoms with van der Waals surface area (Å²) < 4.78 is 13.1. The average molecular weight is 670 g/mol. The number of carboxylic acids is 2. The zero-order chi connectivity index (χ0) is 33.9. The number of thioether (sulfide) groups is 1. The van der Waals surface area contributed by atoms with Gasteiger partial charge in [-0.05, 0) is 77.1 Å². The van der Waals surface area contributed by atoms with Crippen LogP contribution in [0, 0.1) is 0 Å². The number of unbranched alkanes of at least 4 members (excludes halogenated alkanes) is 1. The summed E-state index contributed by atoms with van der Waals surface area (Å²) in [7, 11) is 0. The zero-order valence-electron chi connectivity index (χ0n) is 26.4. The monoisotopic (exact) mass is 669 g/mol. The van der Waals surface area contributed by atoms with Crippen LogP contribution in [0.25, 0.3) is 11.1 Å². The SMILES string of the molecule is O=C(O)CCCCC(=O)NCc1cccc(-c2cccc(C3OC(CSc4ccc(C(=O)O)cc4)CC(c4ccc(CO)cc4)O3)c2)c1. The van der Waals surface area contributed by atoms with Crippen molar-refractivity contribution in [2.75, 3.05) is 5.75 Å². The third-order valence-corrected chi connectivity index (χ3v) is 9.25. The number of carbonyl (C=O) groups excluding carboxylic acids is 1. The van der Waals surface area contributed by atoms with Crippen molar-refractivity contribution in [3.63, 3.8) is 0 Å². The van der Waals surface area contributed by atoms with E-state index in [1.54, 1.807) is 23.9 Å². The molecule has 10 heteroatoms. The van der Waals surface area contributed by atoms with E-state index in [2.05, 4.69) is 11.4 Å². The molecule has 1 fully saturated rings. The second-order valence-corrected chi connectivity index (χ2v) is 12.8. The molecule has 4 aromatic rings. The van der Waals surface area contributed by atoms with Crippen molar-refractivity contribution in [3.05, 3.63) is 125 Å². The van der Waals surface area contributed by atoms with Gasteiger partial charge in [-0.2, -0.15) is 0 Å². The van der Waals surface area contributed by atoms with E-state index in [-0.39, 0.29) is 36.7 Å². The predicted molar refractivity (Wildman–Crippen MR) is 182 cm³/mol. The smallest absolute Gasteiger partial charge is 0.335 e. The van der Waals surface area contributed by atoms with Gasteiger partial charge in [-0.15, -0.1) is 11.8 Å². The Hall–Kier alpha value is -4.48. The van der Waals surface area contributed by atoms with Crippen LogP contribution < -0.4 is 5.32 Å². The van der Waals surface area contributed by atoms with Gasteiger partial charge < -0.3 is 30.1 Å². The summed E-state index contributed by atoms with van der Waals surface area (Å²) in [6.45, 7) is 0.335. The van der Waals surface area contributed by atoms with E-state index >= 15 is 0 Å². The molecule has 0 radical (unpaired) electrons. The number of benzene rings is 4. The van der Waals surface area contributed by atoms with E-state index in [9.17, 15) is 24.6 Å². The molecule has 1 saturated heterocycles. The summed E-state index contributed by atoms with van der Waals surface area (Å²) in [5.74, 6) is -1.28. The topological polar surface area (TPSA) is 142 Å². The lowest BCUT2D eigenvalue weighted by Gasteiger charge is -2.36. The Labute approximate surface area is 283 Å². The first-order chi connectivity index (χ1) is 23.3. The Balaban J connectivity index is 1.28. The number of rotatable bonds is 15. The highest BCUT2D eigenvalue weighted by molar-refractivity contribution is 7.99. The van der Waals surface area contributed by atoms with Gasteiger partial charge in [-0.25, -0.2) is 4.79 Å². The molecule has 3 atom stereocenters. The van der Waals surface area contributed by atoms with Crippen LogP contribution in [0.15, 0.2) is 102 Å². The fraction of sp³-hybridized carbons (Fsp3) is 0.289. The minimum Gasteiger partial charge on any atom is -0.481 e. The van der Waals surface area contributed by atoms with Crippen LogP contribution in [-0.2, 0) is 32.2 Å². The lowest BCUT2D eigenvalue weighted by atomic mass is 9.99. The number of nitrogens with one attached hydrogen (secondary N) is 1. The summed E-state index contributed by atoms with van der Waals surface area (Å²) >= 11 is 1.60. The third-order valence-electron chi connectivity index (χ3n) is 8.11. The quantitative estimate of drug-likeness (QED) is 0.0767. The van der Waals surface area contributed by atoms with Gasteiger partial charge in [0.1, 0.15) is 0 Å². The van der Waals surface area contributed by atoms with Crippen molar-refractivity contribution in [2.24, 2.45) is 0 Å². The van der Waals surface area contributed by atoms with E-state index in [0.717, 1.165) is 38.3 Å². The van der Waals surface area contributed by atoms with Gasteiger partial charge in [0.05, 0.1) is 24.4 Å². The molecule has 1 aliphatic rings. The van der Waals surface area contributed by atoms with Crippen molar-refractivity contribution in [1.82, 2.24) is 5.32 Å². The molecule has 1 amide bonds. The van der Waals surface area contributed by atoms with Crippen LogP contribution in [0.1, 0.15) is 77.1 Å². The average Bonchev–Trinajstić information content (AvgIpc) is 3.12. The molecule has 0 bridgehead atoms. The highest BCUT2D eigenvalue weighted by atomic mass is 32.2. The first-order valence-electron chi connectivity index (χ1n) is 15.9. The zero-order valence-corrected chi connectivity index (χ0v) is 27.2. The molecule has 0 aromatic heterocycles. The Kier molecular flexibility index (Phi) is 12.4. The number of aromatic carboxylic acids is 1. The second kappa shape index (κ2) is 17.1. The van der Waals surface area contributed by atoms with Gasteiger partial charge in [-0.1, -0.05) is 60.7 Å². The van der Waals surface area contributed by atoms with E-state index in [4.69, 9.17) is 14.6 Å². The van der Waals surface area contributed by atoms with E-state index < -0.39 is 18.2 Å². The van der Waals surface area contributed by atoms with Crippen molar-refractivity contribution in [2.45, 2.75) is 68.6 Å². The number of ether oxygens (including phenoxy) is 2. The Morgan fingerprint density at radius 1 is 0.771 bits per heavy atom. The normalized spacial score (nSPS) is 17.5. The van der Waals surface area contributed by atoms with E-state index in [0.29, 0.717) is 38.0 Å². The maximum Gasteiger partial charge on any atom is 0.335 e. The molecule has 0 aliphatic carbocycles. The molecular weight excluding hydrogens is 630 g/mol. The summed E-state index contributed by atoms with van der Waals surface area (Å²) in [5, 5.41) is 30.4. The van der Waals surface area contributed by atoms with Gasteiger partial charge in [0.2, 0.25) is 5.91 Å². The highest BCUT2D eigenvalue weighted by Gasteiger charge is 2.32. The standard InChI is InChI=1S/C38H39NO8S/c40-23-25-11-13-27(14-12-25)34-21-32(24-48-33-17-15-28(16-18-33)37(44)45)46-38(47-34)31-8-4-7-30(20-31)29-6-3-5-26(19-29)22-39-35(41)9-1-2-10-36(42)43/h3-8,11-20,32,34,38,40H,1-2,9-10,21-24H2,(H,39,41)(H,42,43)(H,44,45). The molecule has 250 valence electrons. The maximum absolute atomic E-state index is 12.3. The highest BCUT2D eigenvalue weighted by Crippen LogP contribution is 2.40. The summed E-state index contributed by atoms with van der Waals surface area (Å²) in [6.07, 6.45) is 0.957. The van der Waals surface area contributed by atoms with Gasteiger partial charge >= 0.3 is 11.9 Å². The third kappa shape index (κ3) is 10.0. The second-order valence-electron chi connectivity index (χ2n) is 11.7. The molecule has 0 spiro atoms. The first-order valence-corrected chi connectivity index (χ1v) is 16.9. The van der Waals surface area contributed by atoms with E-state index in [1.165, 1.54) is 0 Å². The molecule has 4 aromatic carbocycles. The van der Waals surface area contributed by atoms with Crippen molar-refractivity contribution in [1.29, 1.82) is 0 Å². The van der Waals surface area contributed by atoms with Crippen molar-refractivity contribution >= 4 is 29.6 Å². The predicted octanol–water partition coefficient (Wildman–Crippen LogP) is 7.14. The molecular formula is C38H39NO8S. The number of carbonyl (C=O) groups is 3. The molecule has 1 heterocycles. The van der Waals surface area contributed by atoms with Crippen LogP contribution in [0.5, 0.6) is 0 Å². The molecule has 4 N–H and O–H groups in total. The fourth-order valence-corrected chi connectivity index (χ4v) is 6.40. The fourth-order valence-electron chi connectivity index (χ4n) is 5.48. The number of aliphatic carboxylic acids is 1. The minimum absolute atomic E-state index is 0.0353. The molecule has 0 saturated carbocycles. The summed E-state index contributed by atoms with van der Waals surface area (Å²) in [4.78, 5) is 35.2.